The number of hydrogen-bond donors (Lipinski definition) is 1. The molecule has 0 saturated carbocycles. The van der Waals surface area contributed by atoms with Crippen LogP contribution >= 0.6 is 11.6 Å². The third-order valence-electron chi connectivity index (χ3n) is 5.52. The Balaban J connectivity index is 3.66. The molecule has 0 radical (unpaired) electrons. The van der Waals surface area contributed by atoms with Gasteiger partial charge in [0.15, 0.2) is 0 Å². The molecule has 0 aliphatic rings. The molecule has 0 amide bonds. The molecule has 0 aromatic carbocycles. The molecule has 0 rings (SSSR count). The lowest BCUT2D eigenvalue weighted by Gasteiger charge is -2.26. The largest absolute Gasteiger partial charge is 0.396 e. The standard InChI is InChI=1S/C23H47ClO/c1-3-5-7-9-11-13-15-17-19-23(24,21-22-25)20-18-16-14-12-10-8-6-4-2/h25H,3-22H2,1-2H3. The van der Waals surface area contributed by atoms with E-state index in [1.807, 2.05) is 0 Å². The van der Waals surface area contributed by atoms with Gasteiger partial charge in [-0.1, -0.05) is 117 Å². The van der Waals surface area contributed by atoms with Crippen LogP contribution in [-0.4, -0.2) is 16.6 Å². The van der Waals surface area contributed by atoms with E-state index in [2.05, 4.69) is 13.8 Å². The van der Waals surface area contributed by atoms with E-state index >= 15 is 0 Å². The maximum Gasteiger partial charge on any atom is 0.0468 e. The Kier molecular flexibility index (Phi) is 19.2. The number of rotatable bonds is 20. The molecular formula is C23H47ClO. The van der Waals surface area contributed by atoms with Crippen LogP contribution < -0.4 is 0 Å². The summed E-state index contributed by atoms with van der Waals surface area (Å²) in [6.07, 6.45) is 24.5. The first-order valence-electron chi connectivity index (χ1n) is 11.5. The van der Waals surface area contributed by atoms with Gasteiger partial charge in [0.05, 0.1) is 0 Å². The van der Waals surface area contributed by atoms with Gasteiger partial charge >= 0.3 is 0 Å². The van der Waals surface area contributed by atoms with E-state index in [0.29, 0.717) is 0 Å². The van der Waals surface area contributed by atoms with Gasteiger partial charge < -0.3 is 5.11 Å². The van der Waals surface area contributed by atoms with E-state index in [1.165, 1.54) is 103 Å². The Hall–Kier alpha value is 0.250. The van der Waals surface area contributed by atoms with E-state index in [-0.39, 0.29) is 11.5 Å². The van der Waals surface area contributed by atoms with Crippen molar-refractivity contribution in [2.24, 2.45) is 0 Å². The number of unbranched alkanes of at least 4 members (excludes halogenated alkanes) is 14. The van der Waals surface area contributed by atoms with Crippen LogP contribution in [0, 0.1) is 0 Å². The van der Waals surface area contributed by atoms with Gasteiger partial charge in [0.2, 0.25) is 0 Å². The summed E-state index contributed by atoms with van der Waals surface area (Å²) in [6, 6.07) is 0. The van der Waals surface area contributed by atoms with Crippen LogP contribution in [0.25, 0.3) is 0 Å². The van der Waals surface area contributed by atoms with Gasteiger partial charge in [-0.15, -0.1) is 11.6 Å². The molecule has 152 valence electrons. The molecule has 0 aliphatic carbocycles. The fourth-order valence-electron chi connectivity index (χ4n) is 3.73. The molecule has 0 aromatic heterocycles. The molecule has 2 heteroatoms. The summed E-state index contributed by atoms with van der Waals surface area (Å²) in [6.45, 7) is 4.78. The highest BCUT2D eigenvalue weighted by Gasteiger charge is 2.25. The molecule has 0 unspecified atom stereocenters. The minimum atomic E-state index is -0.140. The first-order valence-corrected chi connectivity index (χ1v) is 11.9. The first kappa shape index (κ1) is 25.2. The lowest BCUT2D eigenvalue weighted by atomic mass is 9.90. The van der Waals surface area contributed by atoms with Crippen molar-refractivity contribution in [3.63, 3.8) is 0 Å². The number of aliphatic hydroxyl groups excluding tert-OH is 1. The van der Waals surface area contributed by atoms with Gasteiger partial charge in [-0.2, -0.15) is 0 Å². The van der Waals surface area contributed by atoms with E-state index in [1.54, 1.807) is 0 Å². The second kappa shape index (κ2) is 19.0. The van der Waals surface area contributed by atoms with Crippen molar-refractivity contribution < 1.29 is 5.11 Å². The molecule has 0 saturated heterocycles. The van der Waals surface area contributed by atoms with Gasteiger partial charge in [0.25, 0.3) is 0 Å². The average Bonchev–Trinajstić information content (AvgIpc) is 2.60. The van der Waals surface area contributed by atoms with Crippen molar-refractivity contribution in [3.8, 4) is 0 Å². The van der Waals surface area contributed by atoms with Crippen molar-refractivity contribution >= 4 is 11.6 Å². The van der Waals surface area contributed by atoms with Crippen molar-refractivity contribution in [2.45, 2.75) is 141 Å². The van der Waals surface area contributed by atoms with Crippen LogP contribution in [0.4, 0.5) is 0 Å². The monoisotopic (exact) mass is 374 g/mol. The normalized spacial score (nSPS) is 12.0. The quantitative estimate of drug-likeness (QED) is 0.167. The number of alkyl halides is 1. The third-order valence-corrected chi connectivity index (χ3v) is 6.08. The van der Waals surface area contributed by atoms with Gasteiger partial charge in [-0.05, 0) is 19.3 Å². The molecule has 1 N–H and O–H groups in total. The van der Waals surface area contributed by atoms with Gasteiger partial charge in [-0.3, -0.25) is 0 Å². The van der Waals surface area contributed by atoms with Crippen molar-refractivity contribution in [2.75, 3.05) is 6.61 Å². The number of hydrogen-bond acceptors (Lipinski definition) is 1. The van der Waals surface area contributed by atoms with Gasteiger partial charge in [-0.25, -0.2) is 0 Å². The fraction of sp³-hybridized carbons (Fsp3) is 1.00. The minimum absolute atomic E-state index is 0.140. The van der Waals surface area contributed by atoms with Gasteiger partial charge in [0, 0.05) is 11.5 Å². The number of halogens is 1. The van der Waals surface area contributed by atoms with E-state index < -0.39 is 0 Å². The van der Waals surface area contributed by atoms with Crippen LogP contribution in [0.2, 0.25) is 0 Å². The lowest BCUT2D eigenvalue weighted by Crippen LogP contribution is -2.23. The third kappa shape index (κ3) is 17.4. The highest BCUT2D eigenvalue weighted by molar-refractivity contribution is 6.23. The molecule has 0 aromatic rings. The maximum absolute atomic E-state index is 9.36. The highest BCUT2D eigenvalue weighted by atomic mass is 35.5. The molecule has 0 fully saturated rings. The molecule has 0 atom stereocenters. The van der Waals surface area contributed by atoms with E-state index in [0.717, 1.165) is 19.3 Å². The Labute approximate surface area is 164 Å². The molecule has 0 heterocycles. The summed E-state index contributed by atoms with van der Waals surface area (Å²) in [4.78, 5) is -0.140. The molecule has 0 aliphatic heterocycles. The van der Waals surface area contributed by atoms with Crippen LogP contribution in [0.15, 0.2) is 0 Å². The molecule has 1 nitrogen and oxygen atoms in total. The molecular weight excluding hydrogens is 328 g/mol. The van der Waals surface area contributed by atoms with Crippen LogP contribution in [0.1, 0.15) is 136 Å². The summed E-state index contributed by atoms with van der Waals surface area (Å²) in [5, 5.41) is 9.36. The summed E-state index contributed by atoms with van der Waals surface area (Å²) in [5.41, 5.74) is 0. The maximum atomic E-state index is 9.36. The van der Waals surface area contributed by atoms with Gasteiger partial charge in [0.1, 0.15) is 0 Å². The topological polar surface area (TPSA) is 20.2 Å². The second-order valence-electron chi connectivity index (χ2n) is 8.07. The molecule has 25 heavy (non-hydrogen) atoms. The predicted molar refractivity (Wildman–Crippen MR) is 115 cm³/mol. The van der Waals surface area contributed by atoms with Crippen molar-refractivity contribution in [1.29, 1.82) is 0 Å². The van der Waals surface area contributed by atoms with E-state index in [9.17, 15) is 5.11 Å². The zero-order valence-corrected chi connectivity index (χ0v) is 18.2. The van der Waals surface area contributed by atoms with Crippen molar-refractivity contribution in [1.82, 2.24) is 0 Å². The van der Waals surface area contributed by atoms with Crippen LogP contribution in [0.3, 0.4) is 0 Å². The summed E-state index contributed by atoms with van der Waals surface area (Å²) >= 11 is 6.84. The fourth-order valence-corrected chi connectivity index (χ4v) is 4.08. The Bertz CT molecular complexity index is 234. The summed E-state index contributed by atoms with van der Waals surface area (Å²) in [7, 11) is 0. The Morgan fingerprint density at radius 1 is 0.520 bits per heavy atom. The second-order valence-corrected chi connectivity index (χ2v) is 8.88. The summed E-state index contributed by atoms with van der Waals surface area (Å²) in [5.74, 6) is 0. The molecule has 0 bridgehead atoms. The zero-order valence-electron chi connectivity index (χ0n) is 17.5. The SMILES string of the molecule is CCCCCCCCCCC(Cl)(CCO)CCCCCCCCCC. The molecule has 0 spiro atoms. The smallest absolute Gasteiger partial charge is 0.0468 e. The Morgan fingerprint density at radius 2 is 0.840 bits per heavy atom. The highest BCUT2D eigenvalue weighted by Crippen LogP contribution is 2.33. The van der Waals surface area contributed by atoms with Crippen molar-refractivity contribution in [3.05, 3.63) is 0 Å². The lowest BCUT2D eigenvalue weighted by molar-refractivity contribution is 0.253. The zero-order chi connectivity index (χ0) is 18.6. The van der Waals surface area contributed by atoms with Crippen LogP contribution in [-0.2, 0) is 0 Å². The summed E-state index contributed by atoms with van der Waals surface area (Å²) < 4.78 is 0. The van der Waals surface area contributed by atoms with Crippen LogP contribution in [0.5, 0.6) is 0 Å². The first-order chi connectivity index (χ1) is 12.2. The predicted octanol–water partition coefficient (Wildman–Crippen LogP) is 8.41. The van der Waals surface area contributed by atoms with E-state index in [4.69, 9.17) is 11.6 Å². The average molecular weight is 375 g/mol. The Morgan fingerprint density at radius 3 is 1.16 bits per heavy atom. The minimum Gasteiger partial charge on any atom is -0.396 e. The number of aliphatic hydroxyl groups is 1.